The van der Waals surface area contributed by atoms with Crippen LogP contribution in [0.3, 0.4) is 0 Å². The van der Waals surface area contributed by atoms with Gasteiger partial charge in [0.25, 0.3) is 0 Å². The summed E-state index contributed by atoms with van der Waals surface area (Å²) >= 11 is 3.39. The monoisotopic (exact) mass is 374 g/mol. The molecule has 1 saturated carbocycles. The molecular formula is C20H26N2OS2. The van der Waals surface area contributed by atoms with Crippen molar-refractivity contribution < 1.29 is 4.79 Å². The van der Waals surface area contributed by atoms with E-state index in [1.165, 1.54) is 36.0 Å². The van der Waals surface area contributed by atoms with Crippen molar-refractivity contribution in [1.29, 1.82) is 0 Å². The molecule has 134 valence electrons. The molecule has 1 N–H and O–H groups in total. The highest BCUT2D eigenvalue weighted by molar-refractivity contribution is 8.00. The molecule has 1 aromatic heterocycles. The maximum Gasteiger partial charge on any atom is 0.226 e. The molecule has 0 unspecified atom stereocenters. The second-order valence-electron chi connectivity index (χ2n) is 6.90. The molecule has 1 fully saturated rings. The number of hydrogen-bond acceptors (Lipinski definition) is 4. The fourth-order valence-corrected chi connectivity index (χ4v) is 5.13. The molecule has 3 rings (SSSR count). The number of carbonyl (C=O) groups excluding carboxylic acids is 1. The van der Waals surface area contributed by atoms with Crippen LogP contribution in [-0.4, -0.2) is 16.9 Å². The minimum absolute atomic E-state index is 0.114. The number of thiazole rings is 1. The first-order chi connectivity index (χ1) is 12.1. The summed E-state index contributed by atoms with van der Waals surface area (Å²) in [4.78, 5) is 16.8. The third-order valence-electron chi connectivity index (χ3n) is 4.70. The Bertz CT molecular complexity index is 720. The first-order valence-corrected chi connectivity index (χ1v) is 10.9. The molecule has 1 aliphatic carbocycles. The Balaban J connectivity index is 1.50. The van der Waals surface area contributed by atoms with Crippen LogP contribution in [0.25, 0.3) is 0 Å². The van der Waals surface area contributed by atoms with Gasteiger partial charge in [0.2, 0.25) is 5.91 Å². The molecule has 0 radical (unpaired) electrons. The van der Waals surface area contributed by atoms with Gasteiger partial charge < -0.3 is 5.32 Å². The Morgan fingerprint density at radius 2 is 2.08 bits per heavy atom. The van der Waals surface area contributed by atoms with Gasteiger partial charge in [-0.25, -0.2) is 4.98 Å². The number of nitrogens with one attached hydrogen (secondary N) is 1. The summed E-state index contributed by atoms with van der Waals surface area (Å²) < 4.78 is 1.04. The van der Waals surface area contributed by atoms with Crippen molar-refractivity contribution in [3.8, 4) is 0 Å². The molecule has 5 heteroatoms. The number of hydrogen-bond donors (Lipinski definition) is 1. The van der Waals surface area contributed by atoms with Crippen molar-refractivity contribution in [2.75, 3.05) is 0 Å². The van der Waals surface area contributed by atoms with E-state index in [0.717, 1.165) is 28.6 Å². The smallest absolute Gasteiger partial charge is 0.226 e. The maximum absolute atomic E-state index is 12.2. The maximum atomic E-state index is 12.2. The van der Waals surface area contributed by atoms with Crippen LogP contribution < -0.4 is 5.32 Å². The molecule has 0 atom stereocenters. The molecule has 1 aromatic carbocycles. The average Bonchev–Trinajstić information content (AvgIpc) is 3.04. The van der Waals surface area contributed by atoms with Crippen molar-refractivity contribution in [2.45, 2.75) is 68.5 Å². The van der Waals surface area contributed by atoms with Crippen LogP contribution in [0.1, 0.15) is 54.5 Å². The van der Waals surface area contributed by atoms with Crippen molar-refractivity contribution >= 4 is 29.0 Å². The summed E-state index contributed by atoms with van der Waals surface area (Å²) in [6.07, 6.45) is 6.43. The lowest BCUT2D eigenvalue weighted by atomic mass is 9.95. The molecule has 0 bridgehead atoms. The van der Waals surface area contributed by atoms with E-state index < -0.39 is 0 Å². The lowest BCUT2D eigenvalue weighted by Gasteiger charge is -2.22. The van der Waals surface area contributed by atoms with E-state index in [0.29, 0.717) is 12.5 Å². The number of amides is 1. The summed E-state index contributed by atoms with van der Waals surface area (Å²) in [6.45, 7) is 4.28. The summed E-state index contributed by atoms with van der Waals surface area (Å²) in [6, 6.07) is 6.94. The Hall–Kier alpha value is -1.33. The molecular weight excluding hydrogens is 348 g/mol. The molecule has 25 heavy (non-hydrogen) atoms. The summed E-state index contributed by atoms with van der Waals surface area (Å²) in [5.41, 5.74) is 4.86. The largest absolute Gasteiger partial charge is 0.353 e. The van der Waals surface area contributed by atoms with E-state index in [1.807, 2.05) is 5.38 Å². The van der Waals surface area contributed by atoms with Gasteiger partial charge in [0.15, 0.2) is 0 Å². The fraction of sp³-hybridized carbons (Fsp3) is 0.500. The van der Waals surface area contributed by atoms with Gasteiger partial charge in [0.05, 0.1) is 12.1 Å². The highest BCUT2D eigenvalue weighted by Crippen LogP contribution is 2.28. The molecule has 3 nitrogen and oxygen atoms in total. The van der Waals surface area contributed by atoms with Gasteiger partial charge >= 0.3 is 0 Å². The van der Waals surface area contributed by atoms with Crippen LogP contribution in [0, 0.1) is 13.8 Å². The van der Waals surface area contributed by atoms with Crippen LogP contribution in [-0.2, 0) is 17.0 Å². The number of nitrogens with zero attached hydrogens (tertiary/aromatic N) is 1. The zero-order chi connectivity index (χ0) is 17.6. The fourth-order valence-electron chi connectivity index (χ4n) is 3.22. The summed E-state index contributed by atoms with van der Waals surface area (Å²) in [5.74, 6) is 1.04. The first kappa shape index (κ1) is 18.5. The number of benzene rings is 1. The Morgan fingerprint density at radius 1 is 1.28 bits per heavy atom. The number of aromatic nitrogens is 1. The van der Waals surface area contributed by atoms with Crippen molar-refractivity contribution in [2.24, 2.45) is 0 Å². The molecule has 1 heterocycles. The SMILES string of the molecule is Cc1ccc(C)c(CSc2nc(CC(=O)NC3CCCCC3)cs2)c1. The number of aryl methyl sites for hydroxylation is 2. The molecule has 1 aliphatic rings. The van der Waals surface area contributed by atoms with E-state index in [-0.39, 0.29) is 5.91 Å². The lowest BCUT2D eigenvalue weighted by molar-refractivity contribution is -0.121. The second kappa shape index (κ2) is 8.86. The van der Waals surface area contributed by atoms with E-state index in [9.17, 15) is 4.79 Å². The van der Waals surface area contributed by atoms with Gasteiger partial charge in [-0.3, -0.25) is 4.79 Å². The standard InChI is InChI=1S/C20H26N2OS2/c1-14-8-9-15(2)16(10-14)12-24-20-22-18(13-25-20)11-19(23)21-17-6-4-3-5-7-17/h8-10,13,17H,3-7,11-12H2,1-2H3,(H,21,23). The molecule has 0 spiro atoms. The van der Waals surface area contributed by atoms with Gasteiger partial charge in [-0.15, -0.1) is 11.3 Å². The molecule has 1 amide bonds. The second-order valence-corrected chi connectivity index (χ2v) is 8.98. The lowest BCUT2D eigenvalue weighted by Crippen LogP contribution is -2.37. The van der Waals surface area contributed by atoms with E-state index in [1.54, 1.807) is 23.1 Å². The van der Waals surface area contributed by atoms with E-state index in [2.05, 4.69) is 42.3 Å². The zero-order valence-corrected chi connectivity index (χ0v) is 16.6. The molecule has 0 saturated heterocycles. The number of thioether (sulfide) groups is 1. The zero-order valence-electron chi connectivity index (χ0n) is 15.0. The Labute approximate surface area is 158 Å². The Kier molecular flexibility index (Phi) is 6.54. The van der Waals surface area contributed by atoms with Gasteiger partial charge in [0.1, 0.15) is 4.34 Å². The number of rotatable bonds is 6. The van der Waals surface area contributed by atoms with Crippen LogP contribution >= 0.6 is 23.1 Å². The van der Waals surface area contributed by atoms with Crippen LogP contribution in [0.15, 0.2) is 27.9 Å². The van der Waals surface area contributed by atoms with Gasteiger partial charge in [-0.05, 0) is 37.8 Å². The third-order valence-corrected chi connectivity index (χ3v) is 6.82. The Morgan fingerprint density at radius 3 is 2.88 bits per heavy atom. The first-order valence-electron chi connectivity index (χ1n) is 9.03. The quantitative estimate of drug-likeness (QED) is 0.720. The topological polar surface area (TPSA) is 42.0 Å². The molecule has 2 aromatic rings. The average molecular weight is 375 g/mol. The summed E-state index contributed by atoms with van der Waals surface area (Å²) in [7, 11) is 0. The van der Waals surface area contributed by atoms with E-state index in [4.69, 9.17) is 0 Å². The van der Waals surface area contributed by atoms with Gasteiger partial charge in [-0.1, -0.05) is 54.8 Å². The van der Waals surface area contributed by atoms with Crippen molar-refractivity contribution in [3.05, 3.63) is 46.0 Å². The number of carbonyl (C=O) groups is 1. The summed E-state index contributed by atoms with van der Waals surface area (Å²) in [5, 5.41) is 5.19. The highest BCUT2D eigenvalue weighted by Gasteiger charge is 2.16. The highest BCUT2D eigenvalue weighted by atomic mass is 32.2. The van der Waals surface area contributed by atoms with Gasteiger partial charge in [0, 0.05) is 17.2 Å². The van der Waals surface area contributed by atoms with Crippen LogP contribution in [0.4, 0.5) is 0 Å². The van der Waals surface area contributed by atoms with Crippen LogP contribution in [0.5, 0.6) is 0 Å². The van der Waals surface area contributed by atoms with E-state index >= 15 is 0 Å². The van der Waals surface area contributed by atoms with Crippen molar-refractivity contribution in [3.63, 3.8) is 0 Å². The minimum atomic E-state index is 0.114. The molecule has 0 aliphatic heterocycles. The predicted octanol–water partition coefficient (Wildman–Crippen LogP) is 5.04. The third kappa shape index (κ3) is 5.58. The minimum Gasteiger partial charge on any atom is -0.353 e. The van der Waals surface area contributed by atoms with Gasteiger partial charge in [-0.2, -0.15) is 0 Å². The predicted molar refractivity (Wildman–Crippen MR) is 106 cm³/mol. The normalized spacial score (nSPS) is 15.3. The van der Waals surface area contributed by atoms with Crippen LogP contribution in [0.2, 0.25) is 0 Å². The van der Waals surface area contributed by atoms with Crippen molar-refractivity contribution in [1.82, 2.24) is 10.3 Å².